The first-order chi connectivity index (χ1) is 12.9. The van der Waals surface area contributed by atoms with Crippen LogP contribution in [-0.2, 0) is 4.79 Å². The summed E-state index contributed by atoms with van der Waals surface area (Å²) < 4.78 is 6.14. The molecule has 7 nitrogen and oxygen atoms in total. The van der Waals surface area contributed by atoms with Crippen LogP contribution in [0.1, 0.15) is 41.0 Å². The number of halogens is 1. The number of rotatable bonds is 6. The molecule has 0 saturated heterocycles. The fraction of sp³-hybridized carbons (Fsp3) is 0.211. The Kier molecular flexibility index (Phi) is 7.36. The van der Waals surface area contributed by atoms with Gasteiger partial charge in [-0.2, -0.15) is 0 Å². The number of benzene rings is 2. The summed E-state index contributed by atoms with van der Waals surface area (Å²) in [4.78, 5) is 35.9. The molecule has 2 aromatic carbocycles. The zero-order valence-electron chi connectivity index (χ0n) is 15.0. The largest absolute Gasteiger partial charge is 0.493 e. The van der Waals surface area contributed by atoms with Gasteiger partial charge in [-0.05, 0) is 49.4 Å². The summed E-state index contributed by atoms with van der Waals surface area (Å²) in [5.74, 6) is -0.674. The minimum Gasteiger partial charge on any atom is -0.493 e. The lowest BCUT2D eigenvalue weighted by Crippen LogP contribution is -2.41. The molecule has 3 amide bonds. The zero-order valence-corrected chi connectivity index (χ0v) is 16.6. The number of amides is 3. The molecule has 2 aromatic rings. The Morgan fingerprint density at radius 2 is 1.63 bits per heavy atom. The molecule has 2 rings (SSSR count). The number of hydrogen-bond donors (Lipinski definition) is 3. The van der Waals surface area contributed by atoms with Gasteiger partial charge in [-0.3, -0.25) is 25.2 Å². The maximum atomic E-state index is 12.4. The number of carbonyl (C=O) groups is 3. The van der Waals surface area contributed by atoms with Gasteiger partial charge >= 0.3 is 0 Å². The van der Waals surface area contributed by atoms with Crippen LogP contribution in [0.3, 0.4) is 0 Å². The Labute approximate surface area is 165 Å². The van der Waals surface area contributed by atoms with Crippen molar-refractivity contribution in [1.29, 1.82) is 0 Å². The molecular weight excluding hydrogens is 414 g/mol. The highest BCUT2D eigenvalue weighted by molar-refractivity contribution is 9.10. The smallest absolute Gasteiger partial charge is 0.273 e. The number of hydrazine groups is 1. The van der Waals surface area contributed by atoms with Crippen LogP contribution in [0.15, 0.2) is 46.9 Å². The van der Waals surface area contributed by atoms with E-state index in [1.54, 1.807) is 49.4 Å². The lowest BCUT2D eigenvalue weighted by molar-refractivity contribution is -0.115. The summed E-state index contributed by atoms with van der Waals surface area (Å²) in [6, 6.07) is 11.4. The van der Waals surface area contributed by atoms with Crippen LogP contribution in [0.5, 0.6) is 5.75 Å². The molecule has 0 atom stereocenters. The van der Waals surface area contributed by atoms with Crippen molar-refractivity contribution in [2.45, 2.75) is 20.3 Å². The fourth-order valence-corrected chi connectivity index (χ4v) is 2.53. The van der Waals surface area contributed by atoms with Crippen LogP contribution >= 0.6 is 15.9 Å². The summed E-state index contributed by atoms with van der Waals surface area (Å²) >= 11 is 3.31. The highest BCUT2D eigenvalue weighted by atomic mass is 79.9. The van der Waals surface area contributed by atoms with Crippen molar-refractivity contribution in [2.24, 2.45) is 0 Å². The van der Waals surface area contributed by atoms with Gasteiger partial charge in [0.25, 0.3) is 11.8 Å². The topological polar surface area (TPSA) is 96.5 Å². The predicted octanol–water partition coefficient (Wildman–Crippen LogP) is 3.27. The van der Waals surface area contributed by atoms with Gasteiger partial charge in [-0.25, -0.2) is 0 Å². The molecule has 0 aliphatic heterocycles. The Balaban J connectivity index is 2.00. The van der Waals surface area contributed by atoms with Gasteiger partial charge in [0.1, 0.15) is 5.75 Å². The number of nitrogens with one attached hydrogen (secondary N) is 3. The van der Waals surface area contributed by atoms with Crippen LogP contribution in [0, 0.1) is 0 Å². The van der Waals surface area contributed by atoms with Crippen LogP contribution in [-0.4, -0.2) is 24.3 Å². The Bertz CT molecular complexity index is 837. The molecule has 0 spiro atoms. The van der Waals surface area contributed by atoms with Crippen LogP contribution in [0.25, 0.3) is 0 Å². The summed E-state index contributed by atoms with van der Waals surface area (Å²) in [5.41, 5.74) is 5.96. The third kappa shape index (κ3) is 5.82. The summed E-state index contributed by atoms with van der Waals surface area (Å²) in [5, 5.41) is 2.69. The van der Waals surface area contributed by atoms with E-state index < -0.39 is 11.8 Å². The van der Waals surface area contributed by atoms with Crippen LogP contribution in [0.4, 0.5) is 5.69 Å². The van der Waals surface area contributed by atoms with Crippen molar-refractivity contribution in [3.63, 3.8) is 0 Å². The van der Waals surface area contributed by atoms with E-state index in [2.05, 4.69) is 32.1 Å². The minimum atomic E-state index is -0.500. The normalized spacial score (nSPS) is 10.0. The average Bonchev–Trinajstić information content (AvgIpc) is 2.67. The number of anilines is 1. The van der Waals surface area contributed by atoms with E-state index in [0.717, 1.165) is 0 Å². The second-order valence-corrected chi connectivity index (χ2v) is 6.38. The average molecular weight is 434 g/mol. The maximum absolute atomic E-state index is 12.4. The molecule has 0 fully saturated rings. The Hall–Kier alpha value is -2.87. The van der Waals surface area contributed by atoms with Gasteiger partial charge in [0.05, 0.1) is 12.2 Å². The van der Waals surface area contributed by atoms with Crippen molar-refractivity contribution in [1.82, 2.24) is 10.9 Å². The molecule has 8 heteroatoms. The van der Waals surface area contributed by atoms with Crippen molar-refractivity contribution < 1.29 is 19.1 Å². The third-order valence-electron chi connectivity index (χ3n) is 3.53. The summed E-state index contributed by atoms with van der Waals surface area (Å²) in [6.45, 7) is 3.98. The molecule has 0 bridgehead atoms. The van der Waals surface area contributed by atoms with Gasteiger partial charge in [0.15, 0.2) is 0 Å². The monoisotopic (exact) mass is 433 g/mol. The van der Waals surface area contributed by atoms with Crippen molar-refractivity contribution >= 4 is 39.3 Å². The molecule has 0 aromatic heterocycles. The first-order valence-electron chi connectivity index (χ1n) is 8.37. The Morgan fingerprint density at radius 3 is 2.26 bits per heavy atom. The van der Waals surface area contributed by atoms with E-state index in [4.69, 9.17) is 4.74 Å². The molecule has 142 valence electrons. The lowest BCUT2D eigenvalue weighted by Gasteiger charge is -2.12. The second kappa shape index (κ2) is 9.72. The molecular formula is C19H20BrN3O4. The van der Waals surface area contributed by atoms with Gasteiger partial charge in [0.2, 0.25) is 5.91 Å². The molecule has 0 radical (unpaired) electrons. The quantitative estimate of drug-likeness (QED) is 0.608. The van der Waals surface area contributed by atoms with Gasteiger partial charge in [0, 0.05) is 22.1 Å². The van der Waals surface area contributed by atoms with Crippen molar-refractivity contribution in [3.05, 3.63) is 58.1 Å². The van der Waals surface area contributed by atoms with E-state index in [1.807, 2.05) is 6.92 Å². The first-order valence-corrected chi connectivity index (χ1v) is 9.16. The van der Waals surface area contributed by atoms with Gasteiger partial charge < -0.3 is 10.1 Å². The molecule has 3 N–H and O–H groups in total. The number of carbonyl (C=O) groups excluding carboxylic acids is 3. The molecule has 27 heavy (non-hydrogen) atoms. The number of ether oxygens (including phenoxy) is 1. The second-order valence-electron chi connectivity index (χ2n) is 5.46. The summed E-state index contributed by atoms with van der Waals surface area (Å²) in [7, 11) is 0. The van der Waals surface area contributed by atoms with Crippen LogP contribution in [0.2, 0.25) is 0 Å². The van der Waals surface area contributed by atoms with E-state index >= 15 is 0 Å². The van der Waals surface area contributed by atoms with Crippen molar-refractivity contribution in [3.8, 4) is 5.75 Å². The highest BCUT2D eigenvalue weighted by Gasteiger charge is 2.14. The summed E-state index contributed by atoms with van der Waals surface area (Å²) in [6.07, 6.45) is 0.369. The van der Waals surface area contributed by atoms with E-state index in [1.165, 1.54) is 0 Å². The van der Waals surface area contributed by atoms with Gasteiger partial charge in [-0.15, -0.1) is 0 Å². The first kappa shape index (κ1) is 20.4. The molecule has 0 aliphatic carbocycles. The fourth-order valence-electron chi connectivity index (χ4n) is 2.17. The zero-order chi connectivity index (χ0) is 19.8. The standard InChI is InChI=1S/C19H20BrN3O4/c1-3-17(24)21-14-8-5-12(6-9-14)18(25)22-23-19(26)15-11-13(20)7-10-16(15)27-4-2/h5-11H,3-4H2,1-2H3,(H,21,24)(H,22,25)(H,23,26). The van der Waals surface area contributed by atoms with Crippen LogP contribution < -0.4 is 20.9 Å². The van der Waals surface area contributed by atoms with E-state index in [9.17, 15) is 14.4 Å². The Morgan fingerprint density at radius 1 is 0.963 bits per heavy atom. The predicted molar refractivity (Wildman–Crippen MR) is 106 cm³/mol. The molecule has 0 heterocycles. The van der Waals surface area contributed by atoms with Crippen molar-refractivity contribution in [2.75, 3.05) is 11.9 Å². The maximum Gasteiger partial charge on any atom is 0.273 e. The number of hydrogen-bond acceptors (Lipinski definition) is 4. The third-order valence-corrected chi connectivity index (χ3v) is 4.02. The molecule has 0 aliphatic rings. The highest BCUT2D eigenvalue weighted by Crippen LogP contribution is 2.23. The minimum absolute atomic E-state index is 0.112. The molecule has 0 unspecified atom stereocenters. The SMILES string of the molecule is CCOc1ccc(Br)cc1C(=O)NNC(=O)c1ccc(NC(=O)CC)cc1. The van der Waals surface area contributed by atoms with E-state index in [-0.39, 0.29) is 5.91 Å². The van der Waals surface area contributed by atoms with E-state index in [0.29, 0.717) is 40.1 Å². The lowest BCUT2D eigenvalue weighted by atomic mass is 10.2. The molecule has 0 saturated carbocycles. The van der Waals surface area contributed by atoms with Gasteiger partial charge in [-0.1, -0.05) is 22.9 Å².